The summed E-state index contributed by atoms with van der Waals surface area (Å²) in [7, 11) is 1.71. The highest BCUT2D eigenvalue weighted by Crippen LogP contribution is 2.29. The van der Waals surface area contributed by atoms with Gasteiger partial charge in [0.25, 0.3) is 0 Å². The second kappa shape index (κ2) is 5.16. The lowest BCUT2D eigenvalue weighted by atomic mass is 10.3. The van der Waals surface area contributed by atoms with Crippen molar-refractivity contribution in [3.05, 3.63) is 11.3 Å². The van der Waals surface area contributed by atoms with E-state index in [2.05, 4.69) is 5.10 Å². The molecule has 1 heterocycles. The molecule has 1 N–H and O–H groups in total. The first-order valence-electron chi connectivity index (χ1n) is 4.89. The van der Waals surface area contributed by atoms with Crippen LogP contribution in [0.25, 0.3) is 0 Å². The topological polar surface area (TPSA) is 72.2 Å². The van der Waals surface area contributed by atoms with E-state index < -0.39 is 11.2 Å². The molecule has 1 rings (SSSR count). The highest BCUT2D eigenvalue weighted by molar-refractivity contribution is 8.00. The summed E-state index contributed by atoms with van der Waals surface area (Å²) in [4.78, 5) is 21.8. The first-order valence-corrected chi connectivity index (χ1v) is 5.77. The molecule has 1 unspecified atom stereocenters. The third-order valence-electron chi connectivity index (χ3n) is 2.23. The summed E-state index contributed by atoms with van der Waals surface area (Å²) in [6.07, 6.45) is 1.22. The van der Waals surface area contributed by atoms with Crippen LogP contribution in [-0.2, 0) is 11.8 Å². The standard InChI is InChI=1S/C10H14N2O3S/c1-4-8(10(14)15)16-9-7(5-13)6(2)11-12(9)3/h5,8H,4H2,1-3H3,(H,14,15). The van der Waals surface area contributed by atoms with Crippen molar-refractivity contribution in [2.75, 3.05) is 0 Å². The number of aldehydes is 1. The molecule has 0 bridgehead atoms. The molecule has 5 nitrogen and oxygen atoms in total. The van der Waals surface area contributed by atoms with Crippen molar-refractivity contribution in [3.8, 4) is 0 Å². The molecule has 0 aliphatic rings. The van der Waals surface area contributed by atoms with Gasteiger partial charge in [-0.3, -0.25) is 14.3 Å². The summed E-state index contributed by atoms with van der Waals surface area (Å²) >= 11 is 1.17. The Morgan fingerprint density at radius 1 is 1.69 bits per heavy atom. The monoisotopic (exact) mass is 242 g/mol. The lowest BCUT2D eigenvalue weighted by molar-refractivity contribution is -0.136. The molecule has 0 spiro atoms. The van der Waals surface area contributed by atoms with E-state index in [0.717, 1.165) is 6.29 Å². The molecule has 0 aromatic carbocycles. The van der Waals surface area contributed by atoms with Crippen LogP contribution in [0.15, 0.2) is 5.03 Å². The van der Waals surface area contributed by atoms with Gasteiger partial charge >= 0.3 is 5.97 Å². The fourth-order valence-corrected chi connectivity index (χ4v) is 2.43. The van der Waals surface area contributed by atoms with Gasteiger partial charge in [-0.15, -0.1) is 0 Å². The highest BCUT2D eigenvalue weighted by Gasteiger charge is 2.22. The summed E-state index contributed by atoms with van der Waals surface area (Å²) in [6, 6.07) is 0. The second-order valence-electron chi connectivity index (χ2n) is 3.40. The van der Waals surface area contributed by atoms with Crippen LogP contribution in [0.3, 0.4) is 0 Å². The zero-order chi connectivity index (χ0) is 12.3. The maximum atomic E-state index is 10.9. The highest BCUT2D eigenvalue weighted by atomic mass is 32.2. The van der Waals surface area contributed by atoms with Crippen LogP contribution < -0.4 is 0 Å². The van der Waals surface area contributed by atoms with E-state index in [1.807, 2.05) is 0 Å². The lowest BCUT2D eigenvalue weighted by Gasteiger charge is -2.09. The third-order valence-corrected chi connectivity index (χ3v) is 3.76. The van der Waals surface area contributed by atoms with E-state index in [-0.39, 0.29) is 0 Å². The minimum absolute atomic E-state index is 0.479. The van der Waals surface area contributed by atoms with Gasteiger partial charge in [-0.1, -0.05) is 18.7 Å². The number of carbonyl (C=O) groups excluding carboxylic acids is 1. The Morgan fingerprint density at radius 3 is 2.75 bits per heavy atom. The molecular weight excluding hydrogens is 228 g/mol. The van der Waals surface area contributed by atoms with E-state index in [4.69, 9.17) is 5.11 Å². The van der Waals surface area contributed by atoms with Gasteiger partial charge in [-0.05, 0) is 13.3 Å². The number of aryl methyl sites for hydroxylation is 2. The molecule has 0 aliphatic carbocycles. The molecular formula is C10H14N2O3S. The quantitative estimate of drug-likeness (QED) is 0.625. The van der Waals surface area contributed by atoms with E-state index in [0.29, 0.717) is 22.7 Å². The Labute approximate surface area is 97.8 Å². The summed E-state index contributed by atoms with van der Waals surface area (Å²) in [5.74, 6) is -0.872. The number of nitrogens with zero attached hydrogens (tertiary/aromatic N) is 2. The van der Waals surface area contributed by atoms with Gasteiger partial charge in [-0.25, -0.2) is 0 Å². The van der Waals surface area contributed by atoms with Crippen LogP contribution in [0.1, 0.15) is 29.4 Å². The number of carbonyl (C=O) groups is 2. The second-order valence-corrected chi connectivity index (χ2v) is 4.59. The van der Waals surface area contributed by atoms with Gasteiger partial charge in [-0.2, -0.15) is 5.10 Å². The predicted octanol–water partition coefficient (Wildman–Crippen LogP) is 1.50. The Hall–Kier alpha value is -1.30. The van der Waals surface area contributed by atoms with Gasteiger partial charge in [0, 0.05) is 7.05 Å². The largest absolute Gasteiger partial charge is 0.480 e. The first-order chi connectivity index (χ1) is 7.51. The maximum Gasteiger partial charge on any atom is 0.317 e. The molecule has 0 amide bonds. The van der Waals surface area contributed by atoms with E-state index in [9.17, 15) is 9.59 Å². The third kappa shape index (κ3) is 2.44. The Bertz CT molecular complexity index is 414. The van der Waals surface area contributed by atoms with Crippen molar-refractivity contribution in [2.45, 2.75) is 30.5 Å². The predicted molar refractivity (Wildman–Crippen MR) is 60.9 cm³/mol. The fourth-order valence-electron chi connectivity index (χ4n) is 1.37. The molecule has 88 valence electrons. The van der Waals surface area contributed by atoms with Gasteiger partial charge in [0.05, 0.1) is 11.3 Å². The zero-order valence-electron chi connectivity index (χ0n) is 9.43. The molecule has 1 atom stereocenters. The number of hydrogen-bond donors (Lipinski definition) is 1. The molecule has 0 radical (unpaired) electrons. The number of aliphatic carboxylic acids is 1. The van der Waals surface area contributed by atoms with Crippen molar-refractivity contribution < 1.29 is 14.7 Å². The molecule has 1 aromatic heterocycles. The molecule has 0 fully saturated rings. The van der Waals surface area contributed by atoms with Crippen LogP contribution in [0.4, 0.5) is 0 Å². The number of carboxylic acid groups (broad SMARTS) is 1. The zero-order valence-corrected chi connectivity index (χ0v) is 10.2. The molecule has 1 aromatic rings. The average Bonchev–Trinajstić information content (AvgIpc) is 2.48. The Kier molecular flexibility index (Phi) is 4.12. The van der Waals surface area contributed by atoms with Crippen LogP contribution in [0, 0.1) is 6.92 Å². The van der Waals surface area contributed by atoms with E-state index in [1.165, 1.54) is 11.8 Å². The molecule has 0 aliphatic heterocycles. The summed E-state index contributed by atoms with van der Waals surface area (Å²) in [5, 5.41) is 13.1. The number of hydrogen-bond acceptors (Lipinski definition) is 4. The van der Waals surface area contributed by atoms with E-state index >= 15 is 0 Å². The summed E-state index contributed by atoms with van der Waals surface area (Å²) in [6.45, 7) is 3.53. The Morgan fingerprint density at radius 2 is 2.31 bits per heavy atom. The van der Waals surface area contributed by atoms with Crippen molar-refractivity contribution in [3.63, 3.8) is 0 Å². The van der Waals surface area contributed by atoms with Gasteiger partial charge < -0.3 is 5.11 Å². The number of aromatic nitrogens is 2. The summed E-state index contributed by atoms with van der Waals surface area (Å²) < 4.78 is 1.55. The smallest absolute Gasteiger partial charge is 0.317 e. The first kappa shape index (κ1) is 12.8. The molecule has 16 heavy (non-hydrogen) atoms. The van der Waals surface area contributed by atoms with Gasteiger partial charge in [0.2, 0.25) is 0 Å². The van der Waals surface area contributed by atoms with Crippen LogP contribution in [-0.4, -0.2) is 32.4 Å². The minimum atomic E-state index is -0.872. The molecule has 0 saturated carbocycles. The number of thioether (sulfide) groups is 1. The van der Waals surface area contributed by atoms with Crippen molar-refractivity contribution in [1.82, 2.24) is 9.78 Å². The maximum absolute atomic E-state index is 10.9. The summed E-state index contributed by atoms with van der Waals surface area (Å²) in [5.41, 5.74) is 1.10. The van der Waals surface area contributed by atoms with Crippen LogP contribution in [0.2, 0.25) is 0 Å². The Balaban J connectivity index is 3.04. The SMILES string of the molecule is CCC(Sc1c(C=O)c(C)nn1C)C(=O)O. The molecule has 0 saturated heterocycles. The normalized spacial score (nSPS) is 12.4. The molecule has 6 heteroatoms. The average molecular weight is 242 g/mol. The van der Waals surface area contributed by atoms with Crippen LogP contribution >= 0.6 is 11.8 Å². The van der Waals surface area contributed by atoms with Crippen molar-refractivity contribution in [2.24, 2.45) is 7.05 Å². The lowest BCUT2D eigenvalue weighted by Crippen LogP contribution is -2.15. The van der Waals surface area contributed by atoms with Crippen molar-refractivity contribution >= 4 is 24.0 Å². The number of carboxylic acids is 1. The minimum Gasteiger partial charge on any atom is -0.480 e. The number of rotatable bonds is 5. The fraction of sp³-hybridized carbons (Fsp3) is 0.500. The van der Waals surface area contributed by atoms with Crippen LogP contribution in [0.5, 0.6) is 0 Å². The van der Waals surface area contributed by atoms with Crippen molar-refractivity contribution in [1.29, 1.82) is 0 Å². The van der Waals surface area contributed by atoms with Gasteiger partial charge in [0.15, 0.2) is 6.29 Å². The van der Waals surface area contributed by atoms with E-state index in [1.54, 1.807) is 25.6 Å². The van der Waals surface area contributed by atoms with Gasteiger partial charge in [0.1, 0.15) is 10.3 Å².